The Kier molecular flexibility index (Phi) is 3.33. The quantitative estimate of drug-likeness (QED) is 0.598. The fraction of sp³-hybridized carbons (Fsp3) is 1.00. The molecule has 14 heavy (non-hydrogen) atoms. The van der Waals surface area contributed by atoms with Gasteiger partial charge in [-0.15, -0.1) is 0 Å². The Morgan fingerprint density at radius 3 is 2.29 bits per heavy atom. The normalized spacial score (nSPS) is 34.3. The molecule has 1 atom stereocenters. The third-order valence-electron chi connectivity index (χ3n) is 3.91. The van der Waals surface area contributed by atoms with Gasteiger partial charge >= 0.3 is 0 Å². The van der Waals surface area contributed by atoms with Crippen molar-refractivity contribution >= 4 is 8.32 Å². The smallest absolute Gasteiger partial charge is 0.187 e. The highest BCUT2D eigenvalue weighted by atomic mass is 28.4. The zero-order chi connectivity index (χ0) is 10.0. The second-order valence-electron chi connectivity index (χ2n) is 5.71. The van der Waals surface area contributed by atoms with E-state index in [9.17, 15) is 0 Å². The minimum atomic E-state index is -1.24. The van der Waals surface area contributed by atoms with Crippen molar-refractivity contribution in [2.24, 2.45) is 5.92 Å². The maximum Gasteiger partial charge on any atom is 0.187 e. The van der Waals surface area contributed by atoms with E-state index in [1.54, 1.807) is 0 Å². The van der Waals surface area contributed by atoms with Gasteiger partial charge in [-0.3, -0.25) is 0 Å². The molecule has 0 aromatic carbocycles. The molecule has 82 valence electrons. The molecule has 2 rings (SSSR count). The van der Waals surface area contributed by atoms with E-state index in [1.807, 2.05) is 0 Å². The van der Waals surface area contributed by atoms with Crippen molar-refractivity contribution in [3.8, 4) is 0 Å². The Morgan fingerprint density at radius 2 is 1.64 bits per heavy atom. The van der Waals surface area contributed by atoms with Gasteiger partial charge in [-0.05, 0) is 44.3 Å². The molecule has 1 nitrogen and oxygen atoms in total. The summed E-state index contributed by atoms with van der Waals surface area (Å²) in [5.74, 6) is 0.913. The van der Waals surface area contributed by atoms with Crippen LogP contribution in [0.25, 0.3) is 0 Å². The SMILES string of the molecule is C[Si]1(C)CCCC(C2CCCCC2)O1. The van der Waals surface area contributed by atoms with Gasteiger partial charge in [0.1, 0.15) is 0 Å². The number of hydrogen-bond donors (Lipinski definition) is 0. The van der Waals surface area contributed by atoms with Crippen LogP contribution in [0.2, 0.25) is 19.1 Å². The van der Waals surface area contributed by atoms with Crippen molar-refractivity contribution in [2.45, 2.75) is 70.2 Å². The third kappa shape index (κ3) is 2.60. The Morgan fingerprint density at radius 1 is 0.929 bits per heavy atom. The van der Waals surface area contributed by atoms with E-state index in [0.29, 0.717) is 6.10 Å². The molecule has 0 spiro atoms. The molecule has 0 amide bonds. The molecule has 0 radical (unpaired) electrons. The van der Waals surface area contributed by atoms with Gasteiger partial charge < -0.3 is 4.43 Å². The largest absolute Gasteiger partial charge is 0.414 e. The van der Waals surface area contributed by atoms with Crippen LogP contribution in [0.1, 0.15) is 44.9 Å². The van der Waals surface area contributed by atoms with Gasteiger partial charge in [0.2, 0.25) is 0 Å². The lowest BCUT2D eigenvalue weighted by atomic mass is 9.84. The van der Waals surface area contributed by atoms with Gasteiger partial charge in [0.05, 0.1) is 0 Å². The van der Waals surface area contributed by atoms with Crippen LogP contribution in [0, 0.1) is 5.92 Å². The molecular formula is C12H24OSi. The van der Waals surface area contributed by atoms with Crippen LogP contribution in [0.5, 0.6) is 0 Å². The second kappa shape index (κ2) is 4.36. The monoisotopic (exact) mass is 212 g/mol. The van der Waals surface area contributed by atoms with Gasteiger partial charge in [0.15, 0.2) is 8.32 Å². The average molecular weight is 212 g/mol. The van der Waals surface area contributed by atoms with Gasteiger partial charge in [-0.25, -0.2) is 0 Å². The highest BCUT2D eigenvalue weighted by Crippen LogP contribution is 2.36. The van der Waals surface area contributed by atoms with E-state index in [0.717, 1.165) is 5.92 Å². The first-order chi connectivity index (χ1) is 6.67. The first kappa shape index (κ1) is 10.7. The summed E-state index contributed by atoms with van der Waals surface area (Å²) < 4.78 is 6.35. The highest BCUT2D eigenvalue weighted by molar-refractivity contribution is 6.71. The topological polar surface area (TPSA) is 9.23 Å². The van der Waals surface area contributed by atoms with E-state index < -0.39 is 8.32 Å². The van der Waals surface area contributed by atoms with Crippen LogP contribution in [-0.4, -0.2) is 14.4 Å². The summed E-state index contributed by atoms with van der Waals surface area (Å²) in [5.41, 5.74) is 0. The van der Waals surface area contributed by atoms with Crippen LogP contribution in [0.15, 0.2) is 0 Å². The Hall–Kier alpha value is 0.177. The van der Waals surface area contributed by atoms with Crippen LogP contribution in [-0.2, 0) is 4.43 Å². The molecule has 2 heteroatoms. The lowest BCUT2D eigenvalue weighted by molar-refractivity contribution is 0.0780. The zero-order valence-corrected chi connectivity index (χ0v) is 10.7. The maximum atomic E-state index is 6.35. The standard InChI is InChI=1S/C12H24OSi/c1-14(2)10-6-9-12(13-14)11-7-4-3-5-8-11/h11-12H,3-10H2,1-2H3. The predicted molar refractivity (Wildman–Crippen MR) is 63.0 cm³/mol. The van der Waals surface area contributed by atoms with Crippen LogP contribution in [0.4, 0.5) is 0 Å². The summed E-state index contributed by atoms with van der Waals surface area (Å²) in [7, 11) is -1.24. The fourth-order valence-electron chi connectivity index (χ4n) is 3.09. The number of rotatable bonds is 1. The molecule has 0 N–H and O–H groups in total. The summed E-state index contributed by atoms with van der Waals surface area (Å²) in [4.78, 5) is 0. The summed E-state index contributed by atoms with van der Waals surface area (Å²) in [5, 5.41) is 0. The molecular weight excluding hydrogens is 188 g/mol. The van der Waals surface area contributed by atoms with Crippen LogP contribution >= 0.6 is 0 Å². The molecule has 2 aliphatic rings. The van der Waals surface area contributed by atoms with E-state index in [1.165, 1.54) is 51.0 Å². The zero-order valence-electron chi connectivity index (χ0n) is 9.72. The van der Waals surface area contributed by atoms with E-state index >= 15 is 0 Å². The van der Waals surface area contributed by atoms with Gasteiger partial charge in [0, 0.05) is 6.10 Å². The number of hydrogen-bond acceptors (Lipinski definition) is 1. The summed E-state index contributed by atoms with van der Waals surface area (Å²) in [6, 6.07) is 1.39. The van der Waals surface area contributed by atoms with Crippen molar-refractivity contribution in [3.63, 3.8) is 0 Å². The summed E-state index contributed by atoms with van der Waals surface area (Å²) in [6.07, 6.45) is 10.7. The molecule has 2 fully saturated rings. The Bertz CT molecular complexity index is 185. The molecule has 0 aromatic heterocycles. The Balaban J connectivity index is 1.89. The van der Waals surface area contributed by atoms with Gasteiger partial charge in [0.25, 0.3) is 0 Å². The molecule has 0 bridgehead atoms. The van der Waals surface area contributed by atoms with E-state index in [2.05, 4.69) is 13.1 Å². The minimum absolute atomic E-state index is 0.644. The van der Waals surface area contributed by atoms with E-state index in [-0.39, 0.29) is 0 Å². The highest BCUT2D eigenvalue weighted by Gasteiger charge is 2.35. The molecule has 1 unspecified atom stereocenters. The first-order valence-corrected chi connectivity index (χ1v) is 9.47. The van der Waals surface area contributed by atoms with Crippen molar-refractivity contribution in [1.29, 1.82) is 0 Å². The van der Waals surface area contributed by atoms with Crippen molar-refractivity contribution in [3.05, 3.63) is 0 Å². The second-order valence-corrected chi connectivity index (χ2v) is 9.96. The predicted octanol–water partition coefficient (Wildman–Crippen LogP) is 3.95. The molecule has 1 saturated carbocycles. The average Bonchev–Trinajstić information content (AvgIpc) is 2.18. The van der Waals surface area contributed by atoms with Gasteiger partial charge in [-0.2, -0.15) is 0 Å². The maximum absolute atomic E-state index is 6.35. The molecule has 0 aromatic rings. The van der Waals surface area contributed by atoms with Gasteiger partial charge in [-0.1, -0.05) is 25.7 Å². The third-order valence-corrected chi connectivity index (χ3v) is 6.41. The first-order valence-electron chi connectivity index (χ1n) is 6.35. The summed E-state index contributed by atoms with van der Waals surface area (Å²) >= 11 is 0. The summed E-state index contributed by atoms with van der Waals surface area (Å²) in [6.45, 7) is 4.78. The fourth-order valence-corrected chi connectivity index (χ4v) is 5.40. The van der Waals surface area contributed by atoms with Crippen LogP contribution < -0.4 is 0 Å². The molecule has 1 saturated heterocycles. The van der Waals surface area contributed by atoms with Crippen molar-refractivity contribution in [1.82, 2.24) is 0 Å². The van der Waals surface area contributed by atoms with Crippen LogP contribution in [0.3, 0.4) is 0 Å². The minimum Gasteiger partial charge on any atom is -0.414 e. The van der Waals surface area contributed by atoms with Crippen molar-refractivity contribution < 1.29 is 4.43 Å². The molecule has 1 heterocycles. The van der Waals surface area contributed by atoms with Crippen molar-refractivity contribution in [2.75, 3.05) is 0 Å². The molecule has 1 aliphatic heterocycles. The lowest BCUT2D eigenvalue weighted by Gasteiger charge is -2.40. The van der Waals surface area contributed by atoms with E-state index in [4.69, 9.17) is 4.43 Å². The lowest BCUT2D eigenvalue weighted by Crippen LogP contribution is -2.43. The Labute approximate surface area is 89.4 Å². The molecule has 1 aliphatic carbocycles.